The number of aliphatic hydroxyl groups is 1. The summed E-state index contributed by atoms with van der Waals surface area (Å²) >= 11 is 0. The highest BCUT2D eigenvalue weighted by Crippen LogP contribution is 2.41. The van der Waals surface area contributed by atoms with Crippen molar-refractivity contribution in [3.8, 4) is 0 Å². The van der Waals surface area contributed by atoms with Gasteiger partial charge in [0, 0.05) is 5.56 Å². The predicted molar refractivity (Wildman–Crippen MR) is 77.4 cm³/mol. The molecular formula is C16H13F3N2O. The third-order valence-corrected chi connectivity index (χ3v) is 3.55. The van der Waals surface area contributed by atoms with Gasteiger partial charge in [0.1, 0.15) is 5.71 Å². The maximum absolute atomic E-state index is 13.0. The molecule has 6 heteroatoms. The van der Waals surface area contributed by atoms with Gasteiger partial charge in [-0.25, -0.2) is 5.01 Å². The third-order valence-electron chi connectivity index (χ3n) is 3.55. The van der Waals surface area contributed by atoms with Crippen molar-refractivity contribution in [2.24, 2.45) is 5.10 Å². The average Bonchev–Trinajstić information content (AvgIpc) is 2.88. The summed E-state index contributed by atoms with van der Waals surface area (Å²) in [7, 11) is 0. The van der Waals surface area contributed by atoms with Gasteiger partial charge in [0.05, 0.1) is 12.1 Å². The molecule has 0 aliphatic carbocycles. The van der Waals surface area contributed by atoms with E-state index in [4.69, 9.17) is 0 Å². The molecule has 2 aromatic rings. The van der Waals surface area contributed by atoms with Gasteiger partial charge in [-0.2, -0.15) is 18.3 Å². The number of hydrazone groups is 1. The molecule has 1 aliphatic rings. The summed E-state index contributed by atoms with van der Waals surface area (Å²) in [4.78, 5) is 0. The second-order valence-electron chi connectivity index (χ2n) is 5.05. The lowest BCUT2D eigenvalue weighted by Gasteiger charge is -2.33. The topological polar surface area (TPSA) is 35.8 Å². The lowest BCUT2D eigenvalue weighted by Crippen LogP contribution is -2.40. The minimum atomic E-state index is -4.58. The van der Waals surface area contributed by atoms with Crippen molar-refractivity contribution < 1.29 is 18.3 Å². The van der Waals surface area contributed by atoms with Crippen molar-refractivity contribution in [3.63, 3.8) is 0 Å². The molecule has 0 aromatic heterocycles. The normalized spacial score (nSPS) is 21.8. The summed E-state index contributed by atoms with van der Waals surface area (Å²) < 4.78 is 39.1. The van der Waals surface area contributed by atoms with Crippen LogP contribution in [0.15, 0.2) is 65.8 Å². The summed E-state index contributed by atoms with van der Waals surface area (Å²) in [6.07, 6.45) is -5.19. The molecule has 0 radical (unpaired) electrons. The highest BCUT2D eigenvalue weighted by Gasteiger charge is 2.51. The molecule has 3 nitrogen and oxygen atoms in total. The maximum Gasteiger partial charge on any atom is 0.431 e. The first-order valence-corrected chi connectivity index (χ1v) is 6.69. The van der Waals surface area contributed by atoms with E-state index in [2.05, 4.69) is 5.10 Å². The Hall–Kier alpha value is -2.34. The minimum absolute atomic E-state index is 0.363. The van der Waals surface area contributed by atoms with E-state index in [1.54, 1.807) is 60.7 Å². The Kier molecular flexibility index (Phi) is 3.41. The van der Waals surface area contributed by atoms with Crippen LogP contribution >= 0.6 is 0 Å². The van der Waals surface area contributed by atoms with Crippen LogP contribution in [0.4, 0.5) is 18.9 Å². The molecular weight excluding hydrogens is 293 g/mol. The van der Waals surface area contributed by atoms with Crippen molar-refractivity contribution in [1.82, 2.24) is 0 Å². The number of alkyl halides is 3. The summed E-state index contributed by atoms with van der Waals surface area (Å²) in [5.74, 6) is 0. The van der Waals surface area contributed by atoms with Gasteiger partial charge in [-0.3, -0.25) is 0 Å². The Balaban J connectivity index is 2.10. The standard InChI is InChI=1S/C16H13F3N2O/c17-16(18,19)14-11-15(22,12-7-3-1-4-8-12)21(20-14)13-9-5-2-6-10-13/h1-10,22H,11H2. The molecule has 0 saturated heterocycles. The largest absolute Gasteiger partial charge is 0.431 e. The molecule has 0 saturated carbocycles. The number of nitrogens with zero attached hydrogens (tertiary/aromatic N) is 2. The van der Waals surface area contributed by atoms with E-state index in [0.29, 0.717) is 11.3 Å². The van der Waals surface area contributed by atoms with Gasteiger partial charge in [-0.05, 0) is 12.1 Å². The molecule has 2 aromatic carbocycles. The second-order valence-corrected chi connectivity index (χ2v) is 5.05. The molecule has 1 N–H and O–H groups in total. The Labute approximate surface area is 125 Å². The third kappa shape index (κ3) is 2.46. The van der Waals surface area contributed by atoms with Crippen LogP contribution in [0.5, 0.6) is 0 Å². The van der Waals surface area contributed by atoms with Crippen molar-refractivity contribution in [3.05, 3.63) is 66.2 Å². The van der Waals surface area contributed by atoms with Crippen LogP contribution in [-0.2, 0) is 5.72 Å². The van der Waals surface area contributed by atoms with Gasteiger partial charge in [0.2, 0.25) is 0 Å². The van der Waals surface area contributed by atoms with Gasteiger partial charge in [-0.1, -0.05) is 48.5 Å². The van der Waals surface area contributed by atoms with E-state index in [0.717, 1.165) is 5.01 Å². The van der Waals surface area contributed by atoms with Crippen LogP contribution in [0.25, 0.3) is 0 Å². The van der Waals surface area contributed by atoms with Crippen molar-refractivity contribution >= 4 is 11.4 Å². The fourth-order valence-electron chi connectivity index (χ4n) is 2.47. The number of rotatable bonds is 2. The number of hydrogen-bond donors (Lipinski definition) is 1. The molecule has 1 unspecified atom stereocenters. The molecule has 3 rings (SSSR count). The van der Waals surface area contributed by atoms with Crippen LogP contribution in [0, 0.1) is 0 Å². The second kappa shape index (κ2) is 5.14. The fourth-order valence-corrected chi connectivity index (χ4v) is 2.47. The zero-order valence-corrected chi connectivity index (χ0v) is 11.5. The molecule has 1 aliphatic heterocycles. The summed E-state index contributed by atoms with van der Waals surface area (Å²) in [6, 6.07) is 16.6. The van der Waals surface area contributed by atoms with Crippen LogP contribution in [-0.4, -0.2) is 17.0 Å². The molecule has 1 atom stereocenters. The van der Waals surface area contributed by atoms with E-state index in [1.807, 2.05) is 0 Å². The Morgan fingerprint density at radius 3 is 2.05 bits per heavy atom. The van der Waals surface area contributed by atoms with Gasteiger partial charge in [-0.15, -0.1) is 0 Å². The highest BCUT2D eigenvalue weighted by molar-refractivity contribution is 5.94. The minimum Gasteiger partial charge on any atom is -0.365 e. The number of benzene rings is 2. The van der Waals surface area contributed by atoms with E-state index in [-0.39, 0.29) is 0 Å². The van der Waals surface area contributed by atoms with Crippen LogP contribution in [0.2, 0.25) is 0 Å². The first-order valence-electron chi connectivity index (χ1n) is 6.69. The van der Waals surface area contributed by atoms with Gasteiger partial charge in [0.25, 0.3) is 0 Å². The smallest absolute Gasteiger partial charge is 0.365 e. The number of halogens is 3. The number of para-hydroxylation sites is 1. The van der Waals surface area contributed by atoms with Crippen molar-refractivity contribution in [2.75, 3.05) is 5.01 Å². The predicted octanol–water partition coefficient (Wildman–Crippen LogP) is 3.66. The van der Waals surface area contributed by atoms with E-state index in [9.17, 15) is 18.3 Å². The van der Waals surface area contributed by atoms with Crippen LogP contribution in [0.3, 0.4) is 0 Å². The van der Waals surface area contributed by atoms with Gasteiger partial charge < -0.3 is 5.11 Å². The van der Waals surface area contributed by atoms with Gasteiger partial charge in [0.15, 0.2) is 5.72 Å². The Morgan fingerprint density at radius 2 is 1.50 bits per heavy atom. The van der Waals surface area contributed by atoms with Crippen LogP contribution in [0.1, 0.15) is 12.0 Å². The lowest BCUT2D eigenvalue weighted by molar-refractivity contribution is -0.0626. The monoisotopic (exact) mass is 306 g/mol. The molecule has 0 spiro atoms. The lowest BCUT2D eigenvalue weighted by atomic mass is 9.97. The molecule has 0 amide bonds. The van der Waals surface area contributed by atoms with E-state index >= 15 is 0 Å². The summed E-state index contributed by atoms with van der Waals surface area (Å²) in [6.45, 7) is 0. The number of hydrogen-bond acceptors (Lipinski definition) is 3. The molecule has 114 valence electrons. The van der Waals surface area contributed by atoms with Gasteiger partial charge >= 0.3 is 6.18 Å². The average molecular weight is 306 g/mol. The molecule has 0 bridgehead atoms. The zero-order chi connectivity index (χ0) is 15.8. The number of anilines is 1. The van der Waals surface area contributed by atoms with E-state index in [1.165, 1.54) is 0 Å². The van der Waals surface area contributed by atoms with Crippen LogP contribution < -0.4 is 5.01 Å². The summed E-state index contributed by atoms with van der Waals surface area (Å²) in [5.41, 5.74) is -2.09. The van der Waals surface area contributed by atoms with Crippen molar-refractivity contribution in [1.29, 1.82) is 0 Å². The molecule has 1 heterocycles. The van der Waals surface area contributed by atoms with Crippen molar-refractivity contribution in [2.45, 2.75) is 18.3 Å². The fraction of sp³-hybridized carbons (Fsp3) is 0.188. The first kappa shape index (κ1) is 14.6. The maximum atomic E-state index is 13.0. The van der Waals surface area contributed by atoms with E-state index < -0.39 is 24.0 Å². The summed E-state index contributed by atoms with van der Waals surface area (Å²) in [5, 5.41) is 15.6. The first-order chi connectivity index (χ1) is 10.4. The highest BCUT2D eigenvalue weighted by atomic mass is 19.4. The molecule has 0 fully saturated rings. The zero-order valence-electron chi connectivity index (χ0n) is 11.5. The quantitative estimate of drug-likeness (QED) is 0.919. The molecule has 22 heavy (non-hydrogen) atoms. The SMILES string of the molecule is OC1(c2ccccc2)CC(C(F)(F)F)=NN1c1ccccc1. The Bertz CT molecular complexity index is 686. The Morgan fingerprint density at radius 1 is 0.955 bits per heavy atom.